The van der Waals surface area contributed by atoms with Crippen molar-refractivity contribution < 1.29 is 13.6 Å². The van der Waals surface area contributed by atoms with E-state index in [9.17, 15) is 13.6 Å². The van der Waals surface area contributed by atoms with Crippen LogP contribution in [0.25, 0.3) is 0 Å². The van der Waals surface area contributed by atoms with Crippen molar-refractivity contribution in [2.24, 2.45) is 11.7 Å². The first-order valence-corrected chi connectivity index (χ1v) is 7.12. The average molecular weight is 297 g/mol. The number of nitrogens with two attached hydrogens (primary N) is 1. The lowest BCUT2D eigenvalue weighted by molar-refractivity contribution is 0.0996. The number of piperidine rings is 1. The van der Waals surface area contributed by atoms with Gasteiger partial charge < -0.3 is 16.0 Å². The van der Waals surface area contributed by atoms with Crippen LogP contribution in [0.3, 0.4) is 0 Å². The summed E-state index contributed by atoms with van der Waals surface area (Å²) in [7, 11) is 2.08. The summed E-state index contributed by atoms with van der Waals surface area (Å²) < 4.78 is 27.3. The molecule has 1 saturated heterocycles. The first-order chi connectivity index (χ1) is 9.88. The standard InChI is InChI=1S/C15H21F2N3O/c1-9(10-3-5-20(2)6-4-10)19-14-7-11(15(18)21)12(16)8-13(14)17/h7-10,19H,3-6H2,1-2H3,(H2,18,21). The van der Waals surface area contributed by atoms with Gasteiger partial charge in [0.2, 0.25) is 0 Å². The van der Waals surface area contributed by atoms with Crippen molar-refractivity contribution in [2.75, 3.05) is 25.5 Å². The maximum Gasteiger partial charge on any atom is 0.251 e. The molecule has 0 radical (unpaired) electrons. The van der Waals surface area contributed by atoms with Crippen molar-refractivity contribution >= 4 is 11.6 Å². The van der Waals surface area contributed by atoms with Gasteiger partial charge >= 0.3 is 0 Å². The molecule has 1 aliphatic rings. The predicted octanol–water partition coefficient (Wildman–Crippen LogP) is 2.21. The second kappa shape index (κ2) is 6.39. The maximum atomic E-state index is 13.8. The van der Waals surface area contributed by atoms with Gasteiger partial charge in [0.25, 0.3) is 5.91 Å². The second-order valence-electron chi connectivity index (χ2n) is 5.75. The summed E-state index contributed by atoms with van der Waals surface area (Å²) in [6.45, 7) is 3.99. The largest absolute Gasteiger partial charge is 0.380 e. The highest BCUT2D eigenvalue weighted by atomic mass is 19.1. The van der Waals surface area contributed by atoms with Gasteiger partial charge in [-0.15, -0.1) is 0 Å². The molecule has 116 valence electrons. The van der Waals surface area contributed by atoms with Crippen LogP contribution in [0.5, 0.6) is 0 Å². The molecule has 0 aromatic heterocycles. The number of carbonyl (C=O) groups excluding carboxylic acids is 1. The van der Waals surface area contributed by atoms with E-state index in [4.69, 9.17) is 5.73 Å². The number of amides is 1. The molecule has 0 bridgehead atoms. The maximum absolute atomic E-state index is 13.8. The lowest BCUT2D eigenvalue weighted by atomic mass is 9.90. The van der Waals surface area contributed by atoms with Crippen molar-refractivity contribution in [3.63, 3.8) is 0 Å². The number of primary amides is 1. The lowest BCUT2D eigenvalue weighted by Crippen LogP contribution is -2.37. The van der Waals surface area contributed by atoms with Gasteiger partial charge in [0.15, 0.2) is 0 Å². The van der Waals surface area contributed by atoms with Crippen molar-refractivity contribution in [2.45, 2.75) is 25.8 Å². The van der Waals surface area contributed by atoms with Crippen LogP contribution in [0, 0.1) is 17.6 Å². The van der Waals surface area contributed by atoms with Gasteiger partial charge in [-0.1, -0.05) is 0 Å². The molecule has 2 rings (SSSR count). The van der Waals surface area contributed by atoms with Crippen molar-refractivity contribution in [3.05, 3.63) is 29.3 Å². The third-order valence-electron chi connectivity index (χ3n) is 4.18. The van der Waals surface area contributed by atoms with Crippen LogP contribution in [0.15, 0.2) is 12.1 Å². The molecular weight excluding hydrogens is 276 g/mol. The average Bonchev–Trinajstić information content (AvgIpc) is 2.42. The lowest BCUT2D eigenvalue weighted by Gasteiger charge is -2.33. The van der Waals surface area contributed by atoms with Crippen LogP contribution < -0.4 is 11.1 Å². The fourth-order valence-electron chi connectivity index (χ4n) is 2.74. The first kappa shape index (κ1) is 15.7. The van der Waals surface area contributed by atoms with Gasteiger partial charge in [-0.3, -0.25) is 4.79 Å². The van der Waals surface area contributed by atoms with E-state index < -0.39 is 17.5 Å². The number of rotatable bonds is 4. The third-order valence-corrected chi connectivity index (χ3v) is 4.18. The fourth-order valence-corrected chi connectivity index (χ4v) is 2.74. The Hall–Kier alpha value is -1.69. The molecule has 1 amide bonds. The topological polar surface area (TPSA) is 58.4 Å². The number of nitrogens with one attached hydrogen (secondary N) is 1. The zero-order valence-electron chi connectivity index (χ0n) is 12.3. The summed E-state index contributed by atoms with van der Waals surface area (Å²) in [4.78, 5) is 13.4. The number of carbonyl (C=O) groups is 1. The number of likely N-dealkylation sites (tertiary alicyclic amines) is 1. The molecule has 1 heterocycles. The van der Waals surface area contributed by atoms with E-state index in [2.05, 4.69) is 17.3 Å². The Labute approximate surface area is 123 Å². The zero-order chi connectivity index (χ0) is 15.6. The number of anilines is 1. The summed E-state index contributed by atoms with van der Waals surface area (Å²) in [5.74, 6) is -2.13. The van der Waals surface area contributed by atoms with E-state index in [1.54, 1.807) is 0 Å². The van der Waals surface area contributed by atoms with Gasteiger partial charge in [0, 0.05) is 12.1 Å². The van der Waals surface area contributed by atoms with Crippen LogP contribution in [0.4, 0.5) is 14.5 Å². The van der Waals surface area contributed by atoms with Crippen LogP contribution >= 0.6 is 0 Å². The minimum atomic E-state index is -0.933. The van der Waals surface area contributed by atoms with Gasteiger partial charge in [0.05, 0.1) is 11.3 Å². The zero-order valence-corrected chi connectivity index (χ0v) is 12.3. The van der Waals surface area contributed by atoms with Crippen LogP contribution in [-0.2, 0) is 0 Å². The molecule has 1 aliphatic heterocycles. The van der Waals surface area contributed by atoms with Gasteiger partial charge in [-0.2, -0.15) is 0 Å². The summed E-state index contributed by atoms with van der Waals surface area (Å²) in [5, 5.41) is 3.05. The van der Waals surface area contributed by atoms with E-state index in [0.29, 0.717) is 12.0 Å². The van der Waals surface area contributed by atoms with Crippen molar-refractivity contribution in [3.8, 4) is 0 Å². The normalized spacial score (nSPS) is 18.5. The molecule has 4 nitrogen and oxygen atoms in total. The number of halogens is 2. The molecule has 21 heavy (non-hydrogen) atoms. The predicted molar refractivity (Wildman–Crippen MR) is 78.2 cm³/mol. The van der Waals surface area contributed by atoms with Crippen LogP contribution in [-0.4, -0.2) is 37.0 Å². The molecule has 1 fully saturated rings. The Kier molecular flexibility index (Phi) is 4.77. The van der Waals surface area contributed by atoms with Gasteiger partial charge in [-0.05, 0) is 51.9 Å². The molecule has 1 unspecified atom stereocenters. The Morgan fingerprint density at radius 1 is 1.33 bits per heavy atom. The fraction of sp³-hybridized carbons (Fsp3) is 0.533. The third kappa shape index (κ3) is 3.69. The highest BCUT2D eigenvalue weighted by Gasteiger charge is 2.23. The molecule has 0 aliphatic carbocycles. The summed E-state index contributed by atoms with van der Waals surface area (Å²) in [5.41, 5.74) is 4.91. The van der Waals surface area contributed by atoms with Gasteiger partial charge in [-0.25, -0.2) is 8.78 Å². The van der Waals surface area contributed by atoms with Crippen molar-refractivity contribution in [1.82, 2.24) is 4.90 Å². The Bertz CT molecular complexity index is 528. The summed E-state index contributed by atoms with van der Waals surface area (Å²) in [6, 6.07) is 1.89. The minimum Gasteiger partial charge on any atom is -0.380 e. The molecule has 0 saturated carbocycles. The minimum absolute atomic E-state index is 0.0411. The number of hydrogen-bond acceptors (Lipinski definition) is 3. The SMILES string of the molecule is CC(Nc1cc(C(N)=O)c(F)cc1F)C1CCN(C)CC1. The van der Waals surface area contributed by atoms with E-state index in [0.717, 1.165) is 32.0 Å². The van der Waals surface area contributed by atoms with Crippen molar-refractivity contribution in [1.29, 1.82) is 0 Å². The molecular formula is C15H21F2N3O. The molecule has 3 N–H and O–H groups in total. The van der Waals surface area contributed by atoms with Crippen LogP contribution in [0.2, 0.25) is 0 Å². The summed E-state index contributed by atoms with van der Waals surface area (Å²) >= 11 is 0. The second-order valence-corrected chi connectivity index (χ2v) is 5.75. The van der Waals surface area contributed by atoms with Crippen LogP contribution in [0.1, 0.15) is 30.1 Å². The smallest absolute Gasteiger partial charge is 0.251 e. The number of hydrogen-bond donors (Lipinski definition) is 2. The highest BCUT2D eigenvalue weighted by molar-refractivity contribution is 5.94. The van der Waals surface area contributed by atoms with E-state index in [1.165, 1.54) is 0 Å². The Morgan fingerprint density at radius 2 is 1.95 bits per heavy atom. The first-order valence-electron chi connectivity index (χ1n) is 7.12. The monoisotopic (exact) mass is 297 g/mol. The number of nitrogens with zero attached hydrogens (tertiary/aromatic N) is 1. The molecule has 1 aromatic carbocycles. The van der Waals surface area contributed by atoms with E-state index in [1.807, 2.05) is 6.92 Å². The molecule has 1 atom stereocenters. The quantitative estimate of drug-likeness (QED) is 0.896. The molecule has 0 spiro atoms. The molecule has 1 aromatic rings. The number of benzene rings is 1. The highest BCUT2D eigenvalue weighted by Crippen LogP contribution is 2.25. The van der Waals surface area contributed by atoms with Gasteiger partial charge in [0.1, 0.15) is 11.6 Å². The Morgan fingerprint density at radius 3 is 2.52 bits per heavy atom. The Balaban J connectivity index is 2.11. The van der Waals surface area contributed by atoms with E-state index >= 15 is 0 Å². The summed E-state index contributed by atoms with van der Waals surface area (Å²) in [6.07, 6.45) is 2.05. The van der Waals surface area contributed by atoms with E-state index in [-0.39, 0.29) is 17.3 Å². The molecule has 6 heteroatoms.